The highest BCUT2D eigenvalue weighted by atomic mass is 32.1. The molecular weight excluding hydrogens is 421 g/mol. The number of thiophene rings is 1. The van der Waals surface area contributed by atoms with Gasteiger partial charge in [0.1, 0.15) is 5.82 Å². The molecule has 1 amide bonds. The van der Waals surface area contributed by atoms with Gasteiger partial charge in [0.05, 0.1) is 18.7 Å². The summed E-state index contributed by atoms with van der Waals surface area (Å²) in [7, 11) is 2.13. The normalized spacial score (nSPS) is 13.8. The molecule has 1 N–H and O–H groups in total. The van der Waals surface area contributed by atoms with Crippen LogP contribution in [-0.2, 0) is 35.6 Å². The molecule has 0 radical (unpaired) electrons. The number of halogens is 3. The number of carboxylic acid groups (broad SMARTS) is 1. The maximum absolute atomic E-state index is 12.4. The number of aliphatic carboxylic acids is 1. The van der Waals surface area contributed by atoms with E-state index in [-0.39, 0.29) is 5.91 Å². The second kappa shape index (κ2) is 10.1. The van der Waals surface area contributed by atoms with Crippen LogP contribution in [0.3, 0.4) is 0 Å². The predicted molar refractivity (Wildman–Crippen MR) is 106 cm³/mol. The lowest BCUT2D eigenvalue weighted by Gasteiger charge is -2.29. The summed E-state index contributed by atoms with van der Waals surface area (Å²) in [4.78, 5) is 31.2. The number of hydrogen-bond acceptors (Lipinski definition) is 5. The molecule has 0 atom stereocenters. The molecule has 11 heteroatoms. The van der Waals surface area contributed by atoms with Gasteiger partial charge in [0.2, 0.25) is 5.91 Å². The van der Waals surface area contributed by atoms with Gasteiger partial charge < -0.3 is 14.6 Å². The smallest absolute Gasteiger partial charge is 0.475 e. The van der Waals surface area contributed by atoms with E-state index in [0.717, 1.165) is 30.3 Å². The van der Waals surface area contributed by atoms with Crippen molar-refractivity contribution in [2.24, 2.45) is 0 Å². The Kier molecular flexibility index (Phi) is 8.02. The number of rotatable bonds is 5. The van der Waals surface area contributed by atoms with E-state index >= 15 is 0 Å². The van der Waals surface area contributed by atoms with Crippen LogP contribution in [-0.4, -0.2) is 62.1 Å². The molecule has 0 spiro atoms. The number of amides is 1. The molecule has 7 nitrogen and oxygen atoms in total. The van der Waals surface area contributed by atoms with Gasteiger partial charge >= 0.3 is 12.1 Å². The number of aromatic nitrogens is 2. The molecule has 0 saturated carbocycles. The average Bonchev–Trinajstić information content (AvgIpc) is 3.31. The van der Waals surface area contributed by atoms with E-state index in [4.69, 9.17) is 9.90 Å². The molecule has 3 rings (SSSR count). The zero-order valence-corrected chi connectivity index (χ0v) is 17.8. The Labute approximate surface area is 176 Å². The molecule has 1 aliphatic rings. The van der Waals surface area contributed by atoms with E-state index in [2.05, 4.69) is 35.3 Å². The number of carbonyl (C=O) groups is 2. The molecule has 3 heterocycles. The van der Waals surface area contributed by atoms with Crippen molar-refractivity contribution in [2.75, 3.05) is 13.6 Å². The lowest BCUT2D eigenvalue weighted by atomic mass is 10.2. The molecule has 166 valence electrons. The van der Waals surface area contributed by atoms with E-state index in [1.54, 1.807) is 11.3 Å². The van der Waals surface area contributed by atoms with Crippen LogP contribution in [0.25, 0.3) is 0 Å². The minimum atomic E-state index is -5.08. The lowest BCUT2D eigenvalue weighted by Crippen LogP contribution is -2.40. The Balaban J connectivity index is 0.000000396. The summed E-state index contributed by atoms with van der Waals surface area (Å²) in [5.41, 5.74) is 1.24. The molecule has 2 aromatic rings. The van der Waals surface area contributed by atoms with Crippen LogP contribution >= 0.6 is 11.3 Å². The van der Waals surface area contributed by atoms with Crippen molar-refractivity contribution in [1.29, 1.82) is 0 Å². The van der Waals surface area contributed by atoms with Gasteiger partial charge in [-0.25, -0.2) is 9.78 Å². The molecule has 30 heavy (non-hydrogen) atoms. The van der Waals surface area contributed by atoms with Crippen LogP contribution in [0, 0.1) is 0 Å². The fourth-order valence-electron chi connectivity index (χ4n) is 2.77. The highest BCUT2D eigenvalue weighted by Gasteiger charge is 2.38. The van der Waals surface area contributed by atoms with Gasteiger partial charge in [0.25, 0.3) is 0 Å². The number of imidazole rings is 1. The maximum Gasteiger partial charge on any atom is 0.490 e. The highest BCUT2D eigenvalue weighted by Crippen LogP contribution is 2.18. The fraction of sp³-hybridized carbons (Fsp3) is 0.526. The zero-order valence-electron chi connectivity index (χ0n) is 17.0. The van der Waals surface area contributed by atoms with E-state index in [1.165, 1.54) is 5.69 Å². The third-order valence-electron chi connectivity index (χ3n) is 4.74. The number of hydrogen-bond donors (Lipinski definition) is 1. The first kappa shape index (κ1) is 23.9. The topological polar surface area (TPSA) is 78.7 Å². The Morgan fingerprint density at radius 3 is 2.53 bits per heavy atom. The van der Waals surface area contributed by atoms with Crippen LogP contribution < -0.4 is 0 Å². The first-order valence-electron chi connectivity index (χ1n) is 9.32. The van der Waals surface area contributed by atoms with Crippen molar-refractivity contribution < 1.29 is 27.9 Å². The molecule has 0 aromatic carbocycles. The molecule has 0 saturated heterocycles. The molecular formula is C19H25F3N4O3S. The standard InChI is InChI=1S/C17H24N4OS.C2HF3O2/c1-13(2)19(3)11-14-10-18-16-12-20(6-7-21(14)16)17(22)9-15-5-4-8-23-15;3-2(4,5)1(6)7/h4-5,8,10,13H,6-7,9,11-12H2,1-3H3;(H,6,7). The van der Waals surface area contributed by atoms with Crippen LogP contribution in [0.2, 0.25) is 0 Å². The molecule has 0 aliphatic carbocycles. The Bertz CT molecular complexity index is 850. The van der Waals surface area contributed by atoms with E-state index < -0.39 is 12.1 Å². The van der Waals surface area contributed by atoms with Crippen molar-refractivity contribution in [1.82, 2.24) is 19.4 Å². The summed E-state index contributed by atoms with van der Waals surface area (Å²) in [6.45, 7) is 7.51. The Hall–Kier alpha value is -2.40. The summed E-state index contributed by atoms with van der Waals surface area (Å²) in [6, 6.07) is 4.52. The maximum atomic E-state index is 12.4. The van der Waals surface area contributed by atoms with Crippen LogP contribution in [0.15, 0.2) is 23.7 Å². The van der Waals surface area contributed by atoms with Crippen molar-refractivity contribution in [3.8, 4) is 0 Å². The van der Waals surface area contributed by atoms with Gasteiger partial charge in [-0.05, 0) is 32.3 Å². The van der Waals surface area contributed by atoms with Crippen molar-refractivity contribution in [3.05, 3.63) is 40.1 Å². The lowest BCUT2D eigenvalue weighted by molar-refractivity contribution is -0.192. The third-order valence-corrected chi connectivity index (χ3v) is 5.62. The number of carboxylic acids is 1. The fourth-order valence-corrected chi connectivity index (χ4v) is 3.47. The summed E-state index contributed by atoms with van der Waals surface area (Å²) in [5.74, 6) is -1.56. The second-order valence-corrected chi connectivity index (χ2v) is 8.23. The highest BCUT2D eigenvalue weighted by molar-refractivity contribution is 7.10. The SMILES string of the molecule is CC(C)N(C)Cc1cnc2n1CCN(C(=O)Cc1cccs1)C2.O=C(O)C(F)(F)F. The first-order valence-corrected chi connectivity index (χ1v) is 10.2. The Morgan fingerprint density at radius 1 is 1.33 bits per heavy atom. The Morgan fingerprint density at radius 2 is 2.00 bits per heavy atom. The zero-order chi connectivity index (χ0) is 22.5. The molecule has 2 aromatic heterocycles. The third kappa shape index (κ3) is 6.56. The number of carbonyl (C=O) groups excluding carboxylic acids is 1. The van der Waals surface area contributed by atoms with Crippen LogP contribution in [0.1, 0.15) is 30.2 Å². The molecule has 0 unspecified atom stereocenters. The number of nitrogens with zero attached hydrogens (tertiary/aromatic N) is 4. The predicted octanol–water partition coefficient (Wildman–Crippen LogP) is 3.00. The van der Waals surface area contributed by atoms with Crippen molar-refractivity contribution in [3.63, 3.8) is 0 Å². The van der Waals surface area contributed by atoms with Crippen molar-refractivity contribution in [2.45, 2.75) is 52.1 Å². The largest absolute Gasteiger partial charge is 0.490 e. The second-order valence-electron chi connectivity index (χ2n) is 7.20. The van der Waals surface area contributed by atoms with E-state index in [1.807, 2.05) is 28.6 Å². The van der Waals surface area contributed by atoms with Gasteiger partial charge in [-0.1, -0.05) is 6.07 Å². The summed E-state index contributed by atoms with van der Waals surface area (Å²) < 4.78 is 34.0. The number of fused-ring (bicyclic) bond motifs is 1. The molecule has 0 bridgehead atoms. The molecule has 1 aliphatic heterocycles. The van der Waals surface area contributed by atoms with Gasteiger partial charge in [-0.3, -0.25) is 9.69 Å². The summed E-state index contributed by atoms with van der Waals surface area (Å²) in [6.07, 6.45) is -2.62. The average molecular weight is 446 g/mol. The van der Waals surface area contributed by atoms with Gasteiger partial charge in [-0.2, -0.15) is 13.2 Å². The minimum absolute atomic E-state index is 0.197. The quantitative estimate of drug-likeness (QED) is 0.764. The van der Waals surface area contributed by atoms with Gasteiger partial charge in [0, 0.05) is 36.8 Å². The summed E-state index contributed by atoms with van der Waals surface area (Å²) in [5, 5.41) is 9.14. The van der Waals surface area contributed by atoms with Crippen molar-refractivity contribution >= 4 is 23.2 Å². The van der Waals surface area contributed by atoms with E-state index in [0.29, 0.717) is 19.0 Å². The first-order chi connectivity index (χ1) is 14.0. The number of alkyl halides is 3. The van der Waals surface area contributed by atoms with Gasteiger partial charge in [0.15, 0.2) is 0 Å². The van der Waals surface area contributed by atoms with E-state index in [9.17, 15) is 18.0 Å². The molecule has 0 fully saturated rings. The van der Waals surface area contributed by atoms with Crippen LogP contribution in [0.5, 0.6) is 0 Å². The van der Waals surface area contributed by atoms with Gasteiger partial charge in [-0.15, -0.1) is 11.3 Å². The summed E-state index contributed by atoms with van der Waals surface area (Å²) >= 11 is 1.64. The monoisotopic (exact) mass is 446 g/mol. The minimum Gasteiger partial charge on any atom is -0.475 e. The van der Waals surface area contributed by atoms with Crippen LogP contribution in [0.4, 0.5) is 13.2 Å².